The zero-order valence-electron chi connectivity index (χ0n) is 8.32. The van der Waals surface area contributed by atoms with E-state index in [0.717, 1.165) is 19.3 Å². The van der Waals surface area contributed by atoms with Crippen LogP contribution in [0, 0.1) is 0 Å². The minimum absolute atomic E-state index is 0.313. The van der Waals surface area contributed by atoms with Crippen molar-refractivity contribution in [3.05, 3.63) is 42.7 Å². The Labute approximate surface area is 85.0 Å². The second kappa shape index (κ2) is 6.29. The minimum atomic E-state index is 0.313. The third-order valence-electron chi connectivity index (χ3n) is 2.19. The first-order valence-electron chi connectivity index (χ1n) is 4.82. The predicted octanol–water partition coefficient (Wildman–Crippen LogP) is 1.42. The van der Waals surface area contributed by atoms with Crippen LogP contribution < -0.4 is 11.3 Å². The number of hydrogen-bond donors (Lipinski definition) is 2. The average Bonchev–Trinajstić information content (AvgIpc) is 2.25. The van der Waals surface area contributed by atoms with Gasteiger partial charge in [-0.2, -0.15) is 0 Å². The molecular weight excluding hydrogens is 174 g/mol. The molecular formula is C11H17N3. The van der Waals surface area contributed by atoms with Crippen molar-refractivity contribution in [1.82, 2.24) is 10.4 Å². The molecule has 0 saturated heterocycles. The Morgan fingerprint density at radius 2 is 2.50 bits per heavy atom. The van der Waals surface area contributed by atoms with Gasteiger partial charge < -0.3 is 0 Å². The molecule has 0 radical (unpaired) electrons. The fourth-order valence-corrected chi connectivity index (χ4v) is 1.36. The van der Waals surface area contributed by atoms with Crippen molar-refractivity contribution in [2.24, 2.45) is 5.84 Å². The number of hydrazine groups is 1. The van der Waals surface area contributed by atoms with Gasteiger partial charge in [0.1, 0.15) is 0 Å². The summed E-state index contributed by atoms with van der Waals surface area (Å²) in [5.74, 6) is 5.41. The third kappa shape index (κ3) is 3.68. The number of nitrogens with zero attached hydrogens (tertiary/aromatic N) is 1. The van der Waals surface area contributed by atoms with Crippen LogP contribution in [0.25, 0.3) is 0 Å². The standard InChI is InChI=1S/C11H17N3/c1-2-4-11(14-12)7-6-10-5-3-8-13-9-10/h2-3,5,8-9,11,14H,1,4,6-7,12H2. The molecule has 0 saturated carbocycles. The Morgan fingerprint density at radius 1 is 1.64 bits per heavy atom. The van der Waals surface area contributed by atoms with Gasteiger partial charge in [-0.1, -0.05) is 12.1 Å². The van der Waals surface area contributed by atoms with Crippen LogP contribution in [0.2, 0.25) is 0 Å². The quantitative estimate of drug-likeness (QED) is 0.406. The van der Waals surface area contributed by atoms with E-state index in [1.165, 1.54) is 5.56 Å². The highest BCUT2D eigenvalue weighted by Gasteiger charge is 2.03. The monoisotopic (exact) mass is 191 g/mol. The molecule has 14 heavy (non-hydrogen) atoms. The third-order valence-corrected chi connectivity index (χ3v) is 2.19. The van der Waals surface area contributed by atoms with Gasteiger partial charge in [-0.25, -0.2) is 0 Å². The van der Waals surface area contributed by atoms with Crippen LogP contribution in [0.1, 0.15) is 18.4 Å². The molecule has 3 N–H and O–H groups in total. The van der Waals surface area contributed by atoms with Crippen molar-refractivity contribution >= 4 is 0 Å². The van der Waals surface area contributed by atoms with Crippen molar-refractivity contribution in [3.63, 3.8) is 0 Å². The van der Waals surface area contributed by atoms with Crippen LogP contribution in [0.4, 0.5) is 0 Å². The van der Waals surface area contributed by atoms with Crippen LogP contribution in [-0.2, 0) is 6.42 Å². The summed E-state index contributed by atoms with van der Waals surface area (Å²) in [6, 6.07) is 4.34. The Balaban J connectivity index is 2.35. The Bertz CT molecular complexity index is 258. The van der Waals surface area contributed by atoms with Gasteiger partial charge in [-0.05, 0) is 30.9 Å². The number of rotatable bonds is 6. The number of hydrogen-bond acceptors (Lipinski definition) is 3. The van der Waals surface area contributed by atoms with E-state index in [9.17, 15) is 0 Å². The molecule has 1 rings (SSSR count). The van der Waals surface area contributed by atoms with Crippen molar-refractivity contribution in [2.75, 3.05) is 0 Å². The molecule has 3 nitrogen and oxygen atoms in total. The van der Waals surface area contributed by atoms with Crippen molar-refractivity contribution in [3.8, 4) is 0 Å². The fraction of sp³-hybridized carbons (Fsp3) is 0.364. The van der Waals surface area contributed by atoms with Crippen LogP contribution >= 0.6 is 0 Å². The van der Waals surface area contributed by atoms with Crippen LogP contribution in [0.5, 0.6) is 0 Å². The number of nitrogens with two attached hydrogens (primary N) is 1. The Morgan fingerprint density at radius 3 is 3.07 bits per heavy atom. The topological polar surface area (TPSA) is 50.9 Å². The molecule has 1 atom stereocenters. The summed E-state index contributed by atoms with van der Waals surface area (Å²) in [5.41, 5.74) is 4.03. The molecule has 3 heteroatoms. The summed E-state index contributed by atoms with van der Waals surface area (Å²) in [7, 11) is 0. The molecule has 0 aromatic carbocycles. The summed E-state index contributed by atoms with van der Waals surface area (Å²) in [6.07, 6.45) is 8.46. The molecule has 1 aromatic heterocycles. The smallest absolute Gasteiger partial charge is 0.0299 e. The van der Waals surface area contributed by atoms with Gasteiger partial charge in [0.15, 0.2) is 0 Å². The SMILES string of the molecule is C=CCC(CCc1cccnc1)NN. The van der Waals surface area contributed by atoms with E-state index in [0.29, 0.717) is 6.04 Å². The normalized spacial score (nSPS) is 12.4. The van der Waals surface area contributed by atoms with Gasteiger partial charge >= 0.3 is 0 Å². The first-order valence-corrected chi connectivity index (χ1v) is 4.82. The maximum atomic E-state index is 5.41. The number of aryl methyl sites for hydroxylation is 1. The lowest BCUT2D eigenvalue weighted by Crippen LogP contribution is -2.34. The Kier molecular flexibility index (Phi) is 4.89. The maximum absolute atomic E-state index is 5.41. The first kappa shape index (κ1) is 10.9. The molecule has 0 amide bonds. The molecule has 76 valence electrons. The molecule has 0 aliphatic carbocycles. The summed E-state index contributed by atoms with van der Waals surface area (Å²) >= 11 is 0. The van der Waals surface area contributed by atoms with Crippen LogP contribution in [-0.4, -0.2) is 11.0 Å². The molecule has 0 aliphatic rings. The molecule has 0 aliphatic heterocycles. The highest BCUT2D eigenvalue weighted by Crippen LogP contribution is 2.05. The van der Waals surface area contributed by atoms with E-state index in [2.05, 4.69) is 23.1 Å². The van der Waals surface area contributed by atoms with E-state index in [1.54, 1.807) is 6.20 Å². The van der Waals surface area contributed by atoms with Gasteiger partial charge in [0.2, 0.25) is 0 Å². The zero-order chi connectivity index (χ0) is 10.2. The highest BCUT2D eigenvalue weighted by molar-refractivity contribution is 5.08. The van der Waals surface area contributed by atoms with Crippen molar-refractivity contribution < 1.29 is 0 Å². The van der Waals surface area contributed by atoms with E-state index in [-0.39, 0.29) is 0 Å². The van der Waals surface area contributed by atoms with Gasteiger partial charge in [0.25, 0.3) is 0 Å². The summed E-state index contributed by atoms with van der Waals surface area (Å²) < 4.78 is 0. The van der Waals surface area contributed by atoms with Gasteiger partial charge in [0, 0.05) is 18.4 Å². The van der Waals surface area contributed by atoms with Gasteiger partial charge in [0.05, 0.1) is 0 Å². The van der Waals surface area contributed by atoms with Gasteiger partial charge in [-0.15, -0.1) is 6.58 Å². The molecule has 0 spiro atoms. The lowest BCUT2D eigenvalue weighted by molar-refractivity contribution is 0.498. The fourth-order valence-electron chi connectivity index (χ4n) is 1.36. The number of aromatic nitrogens is 1. The zero-order valence-corrected chi connectivity index (χ0v) is 8.32. The first-order chi connectivity index (χ1) is 6.86. The lowest BCUT2D eigenvalue weighted by Gasteiger charge is -2.12. The second-order valence-electron chi connectivity index (χ2n) is 3.29. The lowest BCUT2D eigenvalue weighted by atomic mass is 10.1. The minimum Gasteiger partial charge on any atom is -0.271 e. The van der Waals surface area contributed by atoms with Crippen LogP contribution in [0.3, 0.4) is 0 Å². The van der Waals surface area contributed by atoms with E-state index in [4.69, 9.17) is 5.84 Å². The largest absolute Gasteiger partial charge is 0.271 e. The highest BCUT2D eigenvalue weighted by atomic mass is 15.2. The van der Waals surface area contributed by atoms with Gasteiger partial charge in [-0.3, -0.25) is 16.3 Å². The van der Waals surface area contributed by atoms with Crippen LogP contribution in [0.15, 0.2) is 37.2 Å². The van der Waals surface area contributed by atoms with Crippen molar-refractivity contribution in [2.45, 2.75) is 25.3 Å². The summed E-state index contributed by atoms with van der Waals surface area (Å²) in [6.45, 7) is 3.70. The Hall–Kier alpha value is -1.19. The molecule has 1 unspecified atom stereocenters. The number of pyridine rings is 1. The molecule has 1 aromatic rings. The second-order valence-corrected chi connectivity index (χ2v) is 3.29. The molecule has 1 heterocycles. The average molecular weight is 191 g/mol. The van der Waals surface area contributed by atoms with E-state index >= 15 is 0 Å². The number of nitrogens with one attached hydrogen (secondary N) is 1. The summed E-state index contributed by atoms with van der Waals surface area (Å²) in [4.78, 5) is 4.06. The summed E-state index contributed by atoms with van der Waals surface area (Å²) in [5, 5.41) is 0. The van der Waals surface area contributed by atoms with Crippen molar-refractivity contribution in [1.29, 1.82) is 0 Å². The molecule has 0 bridgehead atoms. The predicted molar refractivity (Wildman–Crippen MR) is 58.5 cm³/mol. The van der Waals surface area contributed by atoms with E-state index < -0.39 is 0 Å². The maximum Gasteiger partial charge on any atom is 0.0299 e. The molecule has 0 fully saturated rings. The van der Waals surface area contributed by atoms with E-state index in [1.807, 2.05) is 18.3 Å².